The van der Waals surface area contributed by atoms with Crippen LogP contribution in [0.4, 0.5) is 69.7 Å². The Morgan fingerprint density at radius 3 is 1.61 bits per heavy atom. The number of para-hydroxylation sites is 3. The monoisotopic (exact) mass is 1310 g/mol. The number of nitrogens with one attached hydrogen (secondary N) is 4. The van der Waals surface area contributed by atoms with Gasteiger partial charge in [0.2, 0.25) is 29.5 Å². The van der Waals surface area contributed by atoms with E-state index in [1.807, 2.05) is 41.3 Å². The van der Waals surface area contributed by atoms with E-state index in [1.54, 1.807) is 17.0 Å². The van der Waals surface area contributed by atoms with Gasteiger partial charge in [0.1, 0.15) is 6.04 Å². The van der Waals surface area contributed by atoms with Gasteiger partial charge in [-0.05, 0) is 108 Å². The van der Waals surface area contributed by atoms with Crippen molar-refractivity contribution in [2.24, 2.45) is 28.1 Å². The van der Waals surface area contributed by atoms with Crippen molar-refractivity contribution in [3.05, 3.63) is 54.1 Å². The minimum absolute atomic E-state index is 0.0253. The second-order valence-corrected chi connectivity index (χ2v) is 19.6. The van der Waals surface area contributed by atoms with Crippen molar-refractivity contribution < 1.29 is 121 Å². The SMILES string of the molecule is CC(=O)NC(=O)[C@H](CCCCN)NC(=O)[C@H](CCCN=C(N)N)NCCN1CCN(C(=O)CCCC2CCN(CC(=O)N3c4ccccc4NC(=O)c4ccccc43)CC2)CC1.O=C(O)C(F)(F)F.O=C(O)C(F)(F)F.O=C(O)C(F)(F)F.O=C(O)C(F)(F)F. The first-order valence-corrected chi connectivity index (χ1v) is 27.1. The standard InChI is InChI=1S/C44H66N12O6.4C2HF3O2/c1-31(57)50-43(62)36(13-6-7-20-45)52-42(61)35(14-9-21-49-44(46)47)48-22-25-53-26-28-55(29-27-53)39(58)17-8-10-32-18-23-54(24-19-32)30-40(59)56-37-15-4-2-11-33(37)41(60)51-34-12-3-5-16-38(34)56;4*3-2(4,5)1(6)7/h2-5,11-12,15-16,32,35-36,48H,6-10,13-14,17-30,45H2,1H3,(H,51,60)(H,52,61)(H4,46,47,49)(H,50,57,62);4*(H,6,7)/t35-,36-;;;;/m0..../s1. The number of halogens is 12. The summed E-state index contributed by atoms with van der Waals surface area (Å²) in [6.45, 7) is 7.81. The van der Waals surface area contributed by atoms with Crippen molar-refractivity contribution in [3.8, 4) is 0 Å². The highest BCUT2D eigenvalue weighted by Crippen LogP contribution is 2.38. The van der Waals surface area contributed by atoms with Crippen LogP contribution in [0, 0.1) is 5.92 Å². The van der Waals surface area contributed by atoms with E-state index in [2.05, 4.69) is 36.1 Å². The normalized spacial score (nSPS) is 15.1. The molecule has 0 bridgehead atoms. The highest BCUT2D eigenvalue weighted by atomic mass is 19.4. The van der Waals surface area contributed by atoms with Crippen molar-refractivity contribution >= 4 is 82.3 Å². The maximum atomic E-state index is 13.9. The first kappa shape index (κ1) is 79.6. The summed E-state index contributed by atoms with van der Waals surface area (Å²) in [5, 5.41) is 39.9. The summed E-state index contributed by atoms with van der Waals surface area (Å²) in [6.07, 6.45) is -13.5. The fraction of sp³-hybridized carbons (Fsp3) is 0.558. The molecule has 0 aliphatic carbocycles. The third kappa shape index (κ3) is 31.2. The Balaban J connectivity index is 0.00000119. The number of unbranched alkanes of at least 4 members (excludes halogenated alkanes) is 1. The topological polar surface area (TPSA) is 403 Å². The molecule has 3 heterocycles. The van der Waals surface area contributed by atoms with E-state index in [9.17, 15) is 81.5 Å². The highest BCUT2D eigenvalue weighted by molar-refractivity contribution is 6.18. The number of alkyl halides is 12. The average molecular weight is 1320 g/mol. The summed E-state index contributed by atoms with van der Waals surface area (Å²) in [6, 6.07) is 13.1. The van der Waals surface area contributed by atoms with Crippen LogP contribution >= 0.6 is 0 Å². The molecule has 14 N–H and O–H groups in total. The number of hydrogen-bond acceptors (Lipinski definition) is 15. The molecule has 90 heavy (non-hydrogen) atoms. The highest BCUT2D eigenvalue weighted by Gasteiger charge is 2.41. The number of fused-ring (bicyclic) bond motifs is 2. The molecule has 5 rings (SSSR count). The second kappa shape index (κ2) is 38.2. The maximum absolute atomic E-state index is 13.9. The Bertz CT molecular complexity index is 2640. The number of aliphatic imine (C=N–C) groups is 1. The molecule has 26 nitrogen and oxygen atoms in total. The van der Waals surface area contributed by atoms with Crippen molar-refractivity contribution in [1.82, 2.24) is 30.7 Å². The van der Waals surface area contributed by atoms with Crippen molar-refractivity contribution in [2.45, 2.75) is 108 Å². The molecule has 38 heteroatoms. The zero-order chi connectivity index (χ0) is 68.7. The zero-order valence-electron chi connectivity index (χ0n) is 48.1. The molecule has 2 fully saturated rings. The van der Waals surface area contributed by atoms with E-state index < -0.39 is 72.5 Å². The third-order valence-corrected chi connectivity index (χ3v) is 12.8. The molecule has 0 aromatic heterocycles. The van der Waals surface area contributed by atoms with Crippen molar-refractivity contribution in [2.75, 3.05) is 82.2 Å². The number of hydrogen-bond donors (Lipinski definition) is 11. The van der Waals surface area contributed by atoms with Gasteiger partial charge in [0.25, 0.3) is 5.91 Å². The average Bonchev–Trinajstić information content (AvgIpc) is 1.58. The summed E-state index contributed by atoms with van der Waals surface area (Å²) in [7, 11) is 0. The number of carbonyl (C=O) groups excluding carboxylic acids is 6. The Morgan fingerprint density at radius 2 is 1.12 bits per heavy atom. The molecule has 2 saturated heterocycles. The predicted molar refractivity (Wildman–Crippen MR) is 294 cm³/mol. The number of nitrogens with zero attached hydrogens (tertiary/aromatic N) is 5. The zero-order valence-corrected chi connectivity index (χ0v) is 48.1. The molecule has 0 unspecified atom stereocenters. The molecule has 3 aliphatic rings. The van der Waals surface area contributed by atoms with Crippen molar-refractivity contribution in [3.63, 3.8) is 0 Å². The number of anilines is 3. The molecule has 0 radical (unpaired) electrons. The van der Waals surface area contributed by atoms with Gasteiger partial charge in [-0.2, -0.15) is 52.7 Å². The quantitative estimate of drug-likeness (QED) is 0.0367. The smallest absolute Gasteiger partial charge is 0.475 e. The minimum Gasteiger partial charge on any atom is -0.475 e. The summed E-state index contributed by atoms with van der Waals surface area (Å²) in [5.74, 6) is -12.1. The number of piperidine rings is 1. The van der Waals surface area contributed by atoms with Crippen molar-refractivity contribution in [1.29, 1.82) is 0 Å². The van der Waals surface area contributed by atoms with Crippen LogP contribution < -0.4 is 43.4 Å². The first-order chi connectivity index (χ1) is 41.7. The lowest BCUT2D eigenvalue weighted by atomic mass is 9.91. The molecule has 0 spiro atoms. The van der Waals surface area contributed by atoms with Gasteiger partial charge >= 0.3 is 48.6 Å². The van der Waals surface area contributed by atoms with Gasteiger partial charge in [-0.25, -0.2) is 19.2 Å². The lowest BCUT2D eigenvalue weighted by molar-refractivity contribution is -0.193. The number of likely N-dealkylation sites (tertiary alicyclic amines) is 1. The summed E-state index contributed by atoms with van der Waals surface area (Å²) >= 11 is 0. The van der Waals surface area contributed by atoms with Crippen LogP contribution in [0.15, 0.2) is 53.5 Å². The van der Waals surface area contributed by atoms with Gasteiger partial charge in [0.05, 0.1) is 35.2 Å². The van der Waals surface area contributed by atoms with Gasteiger partial charge < -0.3 is 58.5 Å². The number of guanidine groups is 1. The van der Waals surface area contributed by atoms with Gasteiger partial charge in [0, 0.05) is 59.2 Å². The number of benzene rings is 2. The number of imide groups is 1. The predicted octanol–water partition coefficient (Wildman–Crippen LogP) is 3.77. The van der Waals surface area contributed by atoms with Gasteiger partial charge in [-0.1, -0.05) is 24.3 Å². The lowest BCUT2D eigenvalue weighted by Gasteiger charge is -2.35. The van der Waals surface area contributed by atoms with Crippen LogP contribution in [0.2, 0.25) is 0 Å². The maximum Gasteiger partial charge on any atom is 0.490 e. The molecule has 2 aromatic carbocycles. The Kier molecular flexibility index (Phi) is 33.8. The number of nitrogens with two attached hydrogens (primary N) is 3. The fourth-order valence-electron chi connectivity index (χ4n) is 8.36. The number of rotatable bonds is 21. The Morgan fingerprint density at radius 1 is 0.633 bits per heavy atom. The Hall–Kier alpha value is -8.39. The number of carbonyl (C=O) groups is 10. The van der Waals surface area contributed by atoms with E-state index >= 15 is 0 Å². The number of amides is 6. The fourth-order valence-corrected chi connectivity index (χ4v) is 8.36. The molecule has 2 aromatic rings. The first-order valence-electron chi connectivity index (χ1n) is 27.1. The molecular formula is C52H70F12N12O14. The molecule has 0 saturated carbocycles. The summed E-state index contributed by atoms with van der Waals surface area (Å²) in [4.78, 5) is 125. The lowest BCUT2D eigenvalue weighted by Crippen LogP contribution is -2.54. The van der Waals surface area contributed by atoms with Crippen LogP contribution in [0.3, 0.4) is 0 Å². The largest absolute Gasteiger partial charge is 0.490 e. The summed E-state index contributed by atoms with van der Waals surface area (Å²) in [5.41, 5.74) is 18.9. The number of piperazine rings is 1. The molecule has 3 aliphatic heterocycles. The molecular weight excluding hydrogens is 1240 g/mol. The van der Waals surface area contributed by atoms with Crippen LogP contribution in [-0.4, -0.2) is 209 Å². The van der Waals surface area contributed by atoms with E-state index in [4.69, 9.17) is 56.8 Å². The Labute approximate surface area is 505 Å². The van der Waals surface area contributed by atoms with Crippen LogP contribution in [0.25, 0.3) is 0 Å². The van der Waals surface area contributed by atoms with Gasteiger partial charge in [-0.15, -0.1) is 0 Å². The third-order valence-electron chi connectivity index (χ3n) is 12.8. The number of carboxylic acid groups (broad SMARTS) is 4. The van der Waals surface area contributed by atoms with Crippen LogP contribution in [0.1, 0.15) is 81.5 Å². The van der Waals surface area contributed by atoms with Crippen LogP contribution in [0.5, 0.6) is 0 Å². The number of aliphatic carboxylic acids is 4. The molecule has 2 atom stereocenters. The van der Waals surface area contributed by atoms with E-state index in [0.29, 0.717) is 106 Å². The van der Waals surface area contributed by atoms with E-state index in [0.717, 1.165) is 51.9 Å². The second-order valence-electron chi connectivity index (χ2n) is 19.6. The number of carboxylic acids is 4. The van der Waals surface area contributed by atoms with E-state index in [1.165, 1.54) is 6.92 Å². The van der Waals surface area contributed by atoms with Gasteiger partial charge in [0.15, 0.2) is 5.96 Å². The van der Waals surface area contributed by atoms with Crippen LogP contribution in [-0.2, 0) is 43.2 Å². The molecule has 6 amide bonds. The minimum atomic E-state index is -5.08. The summed E-state index contributed by atoms with van der Waals surface area (Å²) < 4.78 is 127. The molecule has 506 valence electrons. The van der Waals surface area contributed by atoms with Gasteiger partial charge in [-0.3, -0.25) is 53.8 Å². The van der Waals surface area contributed by atoms with E-state index in [-0.39, 0.29) is 36.1 Å².